The van der Waals surface area contributed by atoms with Crippen LogP contribution in [0.1, 0.15) is 38.2 Å². The first-order valence-electron chi connectivity index (χ1n) is 9.78. The third-order valence-electron chi connectivity index (χ3n) is 5.77. The molecule has 1 atom stereocenters. The van der Waals surface area contributed by atoms with E-state index in [1.807, 2.05) is 23.1 Å². The van der Waals surface area contributed by atoms with Gasteiger partial charge in [0.05, 0.1) is 0 Å². The number of rotatable bonds is 5. The Labute approximate surface area is 156 Å². The number of carbonyl (C=O) groups excluding carboxylic acids is 2. The number of hydrogen-bond acceptors (Lipinski definition) is 2. The van der Waals surface area contributed by atoms with E-state index in [2.05, 4.69) is 24.0 Å². The van der Waals surface area contributed by atoms with Crippen molar-refractivity contribution >= 4 is 11.9 Å². The highest BCUT2D eigenvalue weighted by molar-refractivity contribution is 5.80. The fourth-order valence-electron chi connectivity index (χ4n) is 3.87. The molecule has 1 heterocycles. The molecule has 1 aliphatic heterocycles. The van der Waals surface area contributed by atoms with Gasteiger partial charge in [0.1, 0.15) is 0 Å². The van der Waals surface area contributed by atoms with Crippen LogP contribution >= 0.6 is 0 Å². The molecule has 3 rings (SSSR count). The molecule has 142 valence electrons. The van der Waals surface area contributed by atoms with Gasteiger partial charge in [0.25, 0.3) is 0 Å². The van der Waals surface area contributed by atoms with E-state index in [9.17, 15) is 9.59 Å². The Hall–Kier alpha value is -2.04. The Morgan fingerprint density at radius 3 is 2.23 bits per heavy atom. The summed E-state index contributed by atoms with van der Waals surface area (Å²) in [4.78, 5) is 31.0. The van der Waals surface area contributed by atoms with Gasteiger partial charge < -0.3 is 14.7 Å². The Bertz CT molecular complexity index is 619. The predicted molar refractivity (Wildman–Crippen MR) is 103 cm³/mol. The number of likely N-dealkylation sites (tertiary alicyclic amines) is 1. The number of carbonyl (C=O) groups is 2. The van der Waals surface area contributed by atoms with Crippen molar-refractivity contribution in [1.82, 2.24) is 14.7 Å². The predicted octanol–water partition coefficient (Wildman–Crippen LogP) is 3.21. The van der Waals surface area contributed by atoms with E-state index < -0.39 is 0 Å². The molecular formula is C21H31N3O2. The number of nitrogens with zero attached hydrogens (tertiary/aromatic N) is 3. The van der Waals surface area contributed by atoms with Gasteiger partial charge in [-0.15, -0.1) is 0 Å². The van der Waals surface area contributed by atoms with Crippen LogP contribution in [-0.2, 0) is 11.3 Å². The summed E-state index contributed by atoms with van der Waals surface area (Å²) in [5.41, 5.74) is 1.19. The van der Waals surface area contributed by atoms with Gasteiger partial charge in [0.15, 0.2) is 0 Å². The van der Waals surface area contributed by atoms with Crippen LogP contribution in [-0.4, -0.2) is 59.9 Å². The molecule has 26 heavy (non-hydrogen) atoms. The molecule has 3 amide bonds. The molecule has 1 aliphatic carbocycles. The molecule has 0 aromatic heterocycles. The minimum atomic E-state index is 0.0334. The number of hydrogen-bond donors (Lipinski definition) is 0. The lowest BCUT2D eigenvalue weighted by Gasteiger charge is -2.37. The summed E-state index contributed by atoms with van der Waals surface area (Å²) >= 11 is 0. The van der Waals surface area contributed by atoms with E-state index >= 15 is 0 Å². The zero-order valence-corrected chi connectivity index (χ0v) is 16.2. The Morgan fingerprint density at radius 2 is 1.69 bits per heavy atom. The molecule has 1 saturated heterocycles. The van der Waals surface area contributed by atoms with Gasteiger partial charge in [0.2, 0.25) is 5.91 Å². The van der Waals surface area contributed by atoms with Crippen LogP contribution in [0.25, 0.3) is 0 Å². The number of urea groups is 1. The Morgan fingerprint density at radius 1 is 1.08 bits per heavy atom. The van der Waals surface area contributed by atoms with Gasteiger partial charge in [-0.1, -0.05) is 30.3 Å². The standard InChI is InChI=1S/C21H31N3O2/c1-16(18-9-10-18)24(15-17-7-5-4-6-8-17)20(25)19-11-13-23(14-12-19)21(26)22(2)3/h4-8,16,18-19H,9-15H2,1-3H3. The number of amides is 3. The summed E-state index contributed by atoms with van der Waals surface area (Å²) in [7, 11) is 3.55. The normalized spacial score (nSPS) is 19.1. The third kappa shape index (κ3) is 4.37. The summed E-state index contributed by atoms with van der Waals surface area (Å²) < 4.78 is 0. The van der Waals surface area contributed by atoms with Gasteiger partial charge in [0, 0.05) is 45.7 Å². The SMILES string of the molecule is CC(C1CC1)N(Cc1ccccc1)C(=O)C1CCN(C(=O)N(C)C)CC1. The van der Waals surface area contributed by atoms with Crippen LogP contribution in [0.4, 0.5) is 4.79 Å². The Kier molecular flexibility index (Phi) is 5.84. The highest BCUT2D eigenvalue weighted by atomic mass is 16.2. The molecule has 0 spiro atoms. The van der Waals surface area contributed by atoms with Gasteiger partial charge in [-0.3, -0.25) is 4.79 Å². The molecule has 0 bridgehead atoms. The summed E-state index contributed by atoms with van der Waals surface area (Å²) in [6.45, 7) is 4.23. The summed E-state index contributed by atoms with van der Waals surface area (Å²) in [5.74, 6) is 0.953. The van der Waals surface area contributed by atoms with Crippen LogP contribution in [0, 0.1) is 11.8 Å². The van der Waals surface area contributed by atoms with Crippen LogP contribution in [0.15, 0.2) is 30.3 Å². The van der Waals surface area contributed by atoms with E-state index in [1.165, 1.54) is 18.4 Å². The first-order chi connectivity index (χ1) is 12.5. The minimum Gasteiger partial charge on any atom is -0.335 e. The number of piperidine rings is 1. The second kappa shape index (κ2) is 8.11. The lowest BCUT2D eigenvalue weighted by molar-refractivity contribution is -0.140. The van der Waals surface area contributed by atoms with Crippen molar-refractivity contribution in [1.29, 1.82) is 0 Å². The van der Waals surface area contributed by atoms with Crippen LogP contribution < -0.4 is 0 Å². The van der Waals surface area contributed by atoms with Gasteiger partial charge in [-0.2, -0.15) is 0 Å². The fourth-order valence-corrected chi connectivity index (χ4v) is 3.87. The topological polar surface area (TPSA) is 43.9 Å². The first-order valence-corrected chi connectivity index (χ1v) is 9.78. The quantitative estimate of drug-likeness (QED) is 0.812. The third-order valence-corrected chi connectivity index (χ3v) is 5.77. The van der Waals surface area contributed by atoms with E-state index in [0.29, 0.717) is 31.6 Å². The van der Waals surface area contributed by atoms with Crippen molar-refractivity contribution in [3.8, 4) is 0 Å². The first kappa shape index (κ1) is 18.7. The van der Waals surface area contributed by atoms with E-state index in [4.69, 9.17) is 0 Å². The summed E-state index contributed by atoms with van der Waals surface area (Å²) in [6, 6.07) is 10.6. The molecule has 2 fully saturated rings. The van der Waals surface area contributed by atoms with Crippen LogP contribution in [0.5, 0.6) is 0 Å². The highest BCUT2D eigenvalue weighted by Gasteiger charge is 2.37. The highest BCUT2D eigenvalue weighted by Crippen LogP contribution is 2.36. The minimum absolute atomic E-state index is 0.0334. The zero-order valence-electron chi connectivity index (χ0n) is 16.2. The molecule has 0 radical (unpaired) electrons. The second-order valence-electron chi connectivity index (χ2n) is 7.97. The molecule has 1 aromatic carbocycles. The molecule has 1 saturated carbocycles. The van der Waals surface area contributed by atoms with Gasteiger partial charge >= 0.3 is 6.03 Å². The largest absolute Gasteiger partial charge is 0.335 e. The zero-order chi connectivity index (χ0) is 18.7. The molecule has 1 unspecified atom stereocenters. The fraction of sp³-hybridized carbons (Fsp3) is 0.619. The maximum absolute atomic E-state index is 13.3. The molecule has 2 aliphatic rings. The van der Waals surface area contributed by atoms with Crippen molar-refractivity contribution < 1.29 is 9.59 Å². The maximum atomic E-state index is 13.3. The van der Waals surface area contributed by atoms with Crippen molar-refractivity contribution in [3.05, 3.63) is 35.9 Å². The van der Waals surface area contributed by atoms with Gasteiger partial charge in [-0.25, -0.2) is 4.79 Å². The second-order valence-corrected chi connectivity index (χ2v) is 7.97. The summed E-state index contributed by atoms with van der Waals surface area (Å²) in [5, 5.41) is 0. The monoisotopic (exact) mass is 357 g/mol. The van der Waals surface area contributed by atoms with Crippen molar-refractivity contribution in [3.63, 3.8) is 0 Å². The molecular weight excluding hydrogens is 326 g/mol. The number of benzene rings is 1. The molecule has 1 aromatic rings. The molecule has 5 nitrogen and oxygen atoms in total. The lowest BCUT2D eigenvalue weighted by atomic mass is 9.94. The van der Waals surface area contributed by atoms with E-state index in [1.54, 1.807) is 19.0 Å². The van der Waals surface area contributed by atoms with Crippen molar-refractivity contribution in [2.24, 2.45) is 11.8 Å². The molecule has 0 N–H and O–H groups in total. The van der Waals surface area contributed by atoms with Gasteiger partial charge in [-0.05, 0) is 44.1 Å². The van der Waals surface area contributed by atoms with Crippen molar-refractivity contribution in [2.75, 3.05) is 27.2 Å². The smallest absolute Gasteiger partial charge is 0.319 e. The van der Waals surface area contributed by atoms with Crippen LogP contribution in [0.2, 0.25) is 0 Å². The Balaban J connectivity index is 1.65. The van der Waals surface area contributed by atoms with E-state index in [-0.39, 0.29) is 17.9 Å². The average molecular weight is 357 g/mol. The maximum Gasteiger partial charge on any atom is 0.319 e. The van der Waals surface area contributed by atoms with Crippen LogP contribution in [0.3, 0.4) is 0 Å². The molecule has 5 heteroatoms. The van der Waals surface area contributed by atoms with Crippen molar-refractivity contribution in [2.45, 2.75) is 45.2 Å². The lowest BCUT2D eigenvalue weighted by Crippen LogP contribution is -2.49. The average Bonchev–Trinajstić information content (AvgIpc) is 3.50. The van der Waals surface area contributed by atoms with E-state index in [0.717, 1.165) is 12.8 Å². The summed E-state index contributed by atoms with van der Waals surface area (Å²) in [6.07, 6.45) is 3.99.